The second-order valence-electron chi connectivity index (χ2n) is 15.3. The fourth-order valence-electron chi connectivity index (χ4n) is 7.61. The lowest BCUT2D eigenvalue weighted by Gasteiger charge is -2.29. The number of anilines is 2. The molecule has 1 atom stereocenters. The molecule has 0 heterocycles. The van der Waals surface area contributed by atoms with Crippen molar-refractivity contribution >= 4 is 30.2 Å². The Balaban J connectivity index is 0.977. The summed E-state index contributed by atoms with van der Waals surface area (Å²) in [5.74, 6) is 4.26. The van der Waals surface area contributed by atoms with E-state index in [2.05, 4.69) is 95.9 Å². The van der Waals surface area contributed by atoms with Gasteiger partial charge >= 0.3 is 0 Å². The van der Waals surface area contributed by atoms with Gasteiger partial charge in [-0.3, -0.25) is 14.4 Å². The SMILES string of the molecule is O=Cc1ccc(Oc2cccc(-c3ccc(N(C4=CCC(c5cccc(Oc6ccc(C=O)cc6)c5)C=C4)c4ccc(-c5cccc(Oc6ccc(C=O)cc6)c5)cc4)cc3)c2)cc1. The van der Waals surface area contributed by atoms with E-state index in [9.17, 15) is 14.4 Å². The number of carbonyl (C=O) groups excluding carboxylic acids is 3. The molecule has 0 amide bonds. The van der Waals surface area contributed by atoms with Gasteiger partial charge < -0.3 is 19.1 Å². The van der Waals surface area contributed by atoms with Gasteiger partial charge in [0.2, 0.25) is 0 Å². The van der Waals surface area contributed by atoms with Crippen LogP contribution in [0.3, 0.4) is 0 Å². The molecule has 1 unspecified atom stereocenters. The van der Waals surface area contributed by atoms with Gasteiger partial charge in [0.1, 0.15) is 53.4 Å². The van der Waals surface area contributed by atoms with Gasteiger partial charge in [-0.15, -0.1) is 0 Å². The maximum absolute atomic E-state index is 11.1. The third-order valence-corrected chi connectivity index (χ3v) is 11.0. The third-order valence-electron chi connectivity index (χ3n) is 11.0. The lowest BCUT2D eigenvalue weighted by molar-refractivity contribution is 0.111. The van der Waals surface area contributed by atoms with Crippen LogP contribution in [-0.2, 0) is 0 Å². The zero-order chi connectivity index (χ0) is 43.7. The fraction of sp³-hybridized carbons (Fsp3) is 0.0351. The van der Waals surface area contributed by atoms with Crippen molar-refractivity contribution in [2.45, 2.75) is 12.3 Å². The molecule has 0 bridgehead atoms. The summed E-state index contributed by atoms with van der Waals surface area (Å²) in [5, 5.41) is 0. The normalized spacial score (nSPS) is 13.0. The number of hydrogen-bond donors (Lipinski definition) is 0. The van der Waals surface area contributed by atoms with Crippen molar-refractivity contribution < 1.29 is 28.6 Å². The predicted molar refractivity (Wildman–Crippen MR) is 253 cm³/mol. The molecule has 0 aromatic heterocycles. The summed E-state index contributed by atoms with van der Waals surface area (Å²) in [6.45, 7) is 0. The van der Waals surface area contributed by atoms with Crippen LogP contribution in [0.1, 0.15) is 49.0 Å². The summed E-state index contributed by atoms with van der Waals surface area (Å²) >= 11 is 0. The maximum atomic E-state index is 11.1. The first kappa shape index (κ1) is 40.8. The highest BCUT2D eigenvalue weighted by molar-refractivity contribution is 5.78. The van der Waals surface area contributed by atoms with E-state index >= 15 is 0 Å². The van der Waals surface area contributed by atoms with Gasteiger partial charge in [0.15, 0.2) is 0 Å². The lowest BCUT2D eigenvalue weighted by atomic mass is 9.91. The molecule has 310 valence electrons. The number of aldehydes is 3. The zero-order valence-corrected chi connectivity index (χ0v) is 34.6. The highest BCUT2D eigenvalue weighted by atomic mass is 16.5. The van der Waals surface area contributed by atoms with E-state index in [0.717, 1.165) is 75.9 Å². The van der Waals surface area contributed by atoms with Crippen molar-refractivity contribution in [3.63, 3.8) is 0 Å². The summed E-state index contributed by atoms with van der Waals surface area (Å²) in [7, 11) is 0. The molecule has 0 spiro atoms. The number of carbonyl (C=O) groups is 3. The molecule has 0 aliphatic heterocycles. The monoisotopic (exact) mass is 835 g/mol. The summed E-state index contributed by atoms with van der Waals surface area (Å²) in [6, 6.07) is 62.3. The first-order chi connectivity index (χ1) is 31.5. The Morgan fingerprint density at radius 2 is 0.812 bits per heavy atom. The molecule has 7 nitrogen and oxygen atoms in total. The van der Waals surface area contributed by atoms with Crippen molar-refractivity contribution in [2.24, 2.45) is 0 Å². The Morgan fingerprint density at radius 3 is 1.20 bits per heavy atom. The van der Waals surface area contributed by atoms with E-state index < -0.39 is 0 Å². The number of nitrogens with zero attached hydrogens (tertiary/aromatic N) is 1. The third kappa shape index (κ3) is 9.65. The molecule has 1 aliphatic rings. The Bertz CT molecular complexity index is 2830. The van der Waals surface area contributed by atoms with Gasteiger partial charge in [0, 0.05) is 39.7 Å². The molecule has 7 heteroatoms. The van der Waals surface area contributed by atoms with Crippen LogP contribution in [0.4, 0.5) is 11.4 Å². The molecule has 8 aromatic carbocycles. The Hall–Kier alpha value is -8.55. The second kappa shape index (κ2) is 19.0. The molecule has 0 fully saturated rings. The molecule has 1 aliphatic carbocycles. The lowest BCUT2D eigenvalue weighted by Crippen LogP contribution is -2.17. The maximum Gasteiger partial charge on any atom is 0.150 e. The number of hydrogen-bond acceptors (Lipinski definition) is 7. The predicted octanol–water partition coefficient (Wildman–Crippen LogP) is 14.6. The minimum absolute atomic E-state index is 0.145. The van der Waals surface area contributed by atoms with Crippen LogP contribution in [0.2, 0.25) is 0 Å². The topological polar surface area (TPSA) is 82.1 Å². The van der Waals surface area contributed by atoms with Crippen LogP contribution < -0.4 is 19.1 Å². The van der Waals surface area contributed by atoms with Crippen molar-refractivity contribution in [1.82, 2.24) is 0 Å². The van der Waals surface area contributed by atoms with E-state index in [4.69, 9.17) is 14.2 Å². The first-order valence-electron chi connectivity index (χ1n) is 20.9. The molecule has 64 heavy (non-hydrogen) atoms. The van der Waals surface area contributed by atoms with Crippen molar-refractivity contribution in [2.75, 3.05) is 4.90 Å². The van der Waals surface area contributed by atoms with Crippen LogP contribution >= 0.6 is 0 Å². The molecular formula is C57H41NO6. The standard InChI is InChI=1S/C57H41NO6/c59-37-40-10-28-52(29-11-40)62-55-7-1-4-46(34-55)43-16-22-49(23-17-43)58(50-24-18-44(19-25-50)47-5-2-8-56(35-47)63-53-30-12-41(38-60)13-31-53)51-26-20-45(21-27-51)48-6-3-9-57(36-48)64-54-32-14-42(39-61)15-33-54/h1-20,22-39,45H,21H2. The highest BCUT2D eigenvalue weighted by Gasteiger charge is 2.19. The number of benzene rings is 8. The molecule has 0 radical (unpaired) electrons. The Labute approximate surface area is 371 Å². The second-order valence-corrected chi connectivity index (χ2v) is 15.3. The van der Waals surface area contributed by atoms with E-state index in [1.165, 1.54) is 0 Å². The van der Waals surface area contributed by atoms with Gasteiger partial charge in [-0.05, 0) is 174 Å². The van der Waals surface area contributed by atoms with Crippen molar-refractivity contribution in [3.8, 4) is 56.8 Å². The van der Waals surface area contributed by atoms with E-state index in [-0.39, 0.29) is 5.92 Å². The van der Waals surface area contributed by atoms with Crippen LogP contribution in [-0.4, -0.2) is 18.9 Å². The van der Waals surface area contributed by atoms with Gasteiger partial charge in [-0.25, -0.2) is 0 Å². The highest BCUT2D eigenvalue weighted by Crippen LogP contribution is 2.39. The summed E-state index contributed by atoms with van der Waals surface area (Å²) in [6.07, 6.45) is 9.95. The summed E-state index contributed by atoms with van der Waals surface area (Å²) in [5.41, 5.74) is 10.1. The zero-order valence-electron chi connectivity index (χ0n) is 34.6. The molecule has 0 N–H and O–H groups in total. The van der Waals surface area contributed by atoms with Gasteiger partial charge in [0.05, 0.1) is 0 Å². The minimum Gasteiger partial charge on any atom is -0.457 e. The van der Waals surface area contributed by atoms with Crippen LogP contribution in [0, 0.1) is 0 Å². The van der Waals surface area contributed by atoms with Gasteiger partial charge in [-0.1, -0.05) is 72.8 Å². The quantitative estimate of drug-likeness (QED) is 0.0951. The van der Waals surface area contributed by atoms with Gasteiger partial charge in [-0.2, -0.15) is 0 Å². The van der Waals surface area contributed by atoms with Crippen molar-refractivity contribution in [3.05, 3.63) is 240 Å². The first-order valence-corrected chi connectivity index (χ1v) is 20.9. The molecule has 0 saturated carbocycles. The molecule has 0 saturated heterocycles. The number of ether oxygens (including phenoxy) is 3. The van der Waals surface area contributed by atoms with Crippen molar-refractivity contribution in [1.29, 1.82) is 0 Å². The van der Waals surface area contributed by atoms with E-state index in [0.29, 0.717) is 45.4 Å². The average molecular weight is 836 g/mol. The van der Waals surface area contributed by atoms with E-state index in [1.54, 1.807) is 72.8 Å². The summed E-state index contributed by atoms with van der Waals surface area (Å²) in [4.78, 5) is 35.6. The summed E-state index contributed by atoms with van der Waals surface area (Å²) < 4.78 is 18.4. The molecule has 8 aromatic rings. The van der Waals surface area contributed by atoms with Gasteiger partial charge in [0.25, 0.3) is 0 Å². The largest absolute Gasteiger partial charge is 0.457 e. The molecular weight excluding hydrogens is 795 g/mol. The Kier molecular flexibility index (Phi) is 12.1. The molecule has 9 rings (SSSR count). The number of allylic oxidation sites excluding steroid dienone is 3. The smallest absolute Gasteiger partial charge is 0.150 e. The minimum atomic E-state index is 0.145. The van der Waals surface area contributed by atoms with E-state index in [1.807, 2.05) is 48.5 Å². The average Bonchev–Trinajstić information content (AvgIpc) is 3.36. The Morgan fingerprint density at radius 1 is 0.406 bits per heavy atom. The van der Waals surface area contributed by atoms with Crippen LogP contribution in [0.15, 0.2) is 218 Å². The van der Waals surface area contributed by atoms with Crippen LogP contribution in [0.25, 0.3) is 22.3 Å². The van der Waals surface area contributed by atoms with Crippen LogP contribution in [0.5, 0.6) is 34.5 Å². The number of rotatable bonds is 15. The fourth-order valence-corrected chi connectivity index (χ4v) is 7.61.